The van der Waals surface area contributed by atoms with Crippen molar-refractivity contribution in [2.45, 2.75) is 33.3 Å². The summed E-state index contributed by atoms with van der Waals surface area (Å²) in [5.41, 5.74) is 2.82. The van der Waals surface area contributed by atoms with E-state index in [0.29, 0.717) is 29.4 Å². The minimum Gasteiger partial charge on any atom is -0.481 e. The molecule has 3 aromatic rings. The number of aryl methyl sites for hydroxylation is 2. The lowest BCUT2D eigenvalue weighted by atomic mass is 10.1. The molecule has 0 radical (unpaired) electrons. The molecule has 1 unspecified atom stereocenters. The number of amides is 1. The summed E-state index contributed by atoms with van der Waals surface area (Å²) in [6.07, 6.45) is -0.0356. The highest BCUT2D eigenvalue weighted by molar-refractivity contribution is 5.95. The van der Waals surface area contributed by atoms with Crippen LogP contribution in [-0.4, -0.2) is 12.0 Å². The summed E-state index contributed by atoms with van der Waals surface area (Å²) in [5.74, 6) is 1.80. The molecule has 0 aliphatic heterocycles. The maximum atomic E-state index is 12.8. The molecule has 3 rings (SSSR count). The SMILES string of the molecule is CCC(Oc1cc(C)cc(C)c1)C(=O)Nc1ccccc1Oc1ccccc1. The summed E-state index contributed by atoms with van der Waals surface area (Å²) in [5, 5.41) is 2.94. The first kappa shape index (κ1) is 19.5. The summed E-state index contributed by atoms with van der Waals surface area (Å²) in [4.78, 5) is 12.8. The molecule has 1 amide bonds. The normalized spacial score (nSPS) is 11.5. The van der Waals surface area contributed by atoms with Gasteiger partial charge in [0.25, 0.3) is 5.91 Å². The third kappa shape index (κ3) is 5.13. The number of hydrogen-bond donors (Lipinski definition) is 1. The van der Waals surface area contributed by atoms with Crippen LogP contribution in [0.15, 0.2) is 72.8 Å². The Labute approximate surface area is 166 Å². The summed E-state index contributed by atoms with van der Waals surface area (Å²) in [7, 11) is 0. The van der Waals surface area contributed by atoms with Crippen molar-refractivity contribution in [2.75, 3.05) is 5.32 Å². The first-order chi connectivity index (χ1) is 13.5. The van der Waals surface area contributed by atoms with Crippen LogP contribution in [0.4, 0.5) is 5.69 Å². The molecule has 4 heteroatoms. The van der Waals surface area contributed by atoms with E-state index in [-0.39, 0.29) is 5.91 Å². The number of rotatable bonds is 7. The fourth-order valence-electron chi connectivity index (χ4n) is 2.98. The van der Waals surface area contributed by atoms with Gasteiger partial charge in [-0.15, -0.1) is 0 Å². The van der Waals surface area contributed by atoms with Crippen LogP contribution in [0.25, 0.3) is 0 Å². The molecule has 0 bridgehead atoms. The van der Waals surface area contributed by atoms with Gasteiger partial charge in [0.2, 0.25) is 0 Å². The number of carbonyl (C=O) groups is 1. The molecule has 0 aromatic heterocycles. The molecular formula is C24H25NO3. The Bertz CT molecular complexity index is 917. The quantitative estimate of drug-likeness (QED) is 0.560. The molecule has 0 saturated carbocycles. The summed E-state index contributed by atoms with van der Waals surface area (Å²) >= 11 is 0. The first-order valence-electron chi connectivity index (χ1n) is 9.43. The number of nitrogens with one attached hydrogen (secondary N) is 1. The Morgan fingerprint density at radius 3 is 2.21 bits per heavy atom. The average molecular weight is 375 g/mol. The number of hydrogen-bond acceptors (Lipinski definition) is 3. The first-order valence-corrected chi connectivity index (χ1v) is 9.43. The number of ether oxygens (including phenoxy) is 2. The van der Waals surface area contributed by atoms with E-state index in [1.54, 1.807) is 0 Å². The van der Waals surface area contributed by atoms with Crippen molar-refractivity contribution in [2.24, 2.45) is 0 Å². The van der Waals surface area contributed by atoms with Crippen LogP contribution < -0.4 is 14.8 Å². The summed E-state index contributed by atoms with van der Waals surface area (Å²) in [6.45, 7) is 5.95. The molecule has 0 heterocycles. The van der Waals surface area contributed by atoms with Gasteiger partial charge in [0, 0.05) is 0 Å². The third-order valence-electron chi connectivity index (χ3n) is 4.25. The van der Waals surface area contributed by atoms with Gasteiger partial charge in [-0.05, 0) is 67.8 Å². The van der Waals surface area contributed by atoms with E-state index in [2.05, 4.69) is 11.4 Å². The van der Waals surface area contributed by atoms with Crippen molar-refractivity contribution in [3.05, 3.63) is 83.9 Å². The van der Waals surface area contributed by atoms with Crippen LogP contribution in [0.1, 0.15) is 24.5 Å². The van der Waals surface area contributed by atoms with Crippen molar-refractivity contribution in [1.29, 1.82) is 0 Å². The fourth-order valence-corrected chi connectivity index (χ4v) is 2.98. The largest absolute Gasteiger partial charge is 0.481 e. The predicted molar refractivity (Wildman–Crippen MR) is 112 cm³/mol. The van der Waals surface area contributed by atoms with Crippen molar-refractivity contribution in [1.82, 2.24) is 0 Å². The number of carbonyl (C=O) groups excluding carboxylic acids is 1. The Morgan fingerprint density at radius 1 is 0.893 bits per heavy atom. The molecule has 144 valence electrons. The molecule has 28 heavy (non-hydrogen) atoms. The molecule has 0 fully saturated rings. The van der Waals surface area contributed by atoms with Crippen LogP contribution in [0.2, 0.25) is 0 Å². The zero-order valence-electron chi connectivity index (χ0n) is 16.4. The second-order valence-electron chi connectivity index (χ2n) is 6.74. The molecule has 0 aliphatic rings. The maximum Gasteiger partial charge on any atom is 0.265 e. The zero-order chi connectivity index (χ0) is 19.9. The topological polar surface area (TPSA) is 47.6 Å². The van der Waals surface area contributed by atoms with Gasteiger partial charge in [-0.3, -0.25) is 4.79 Å². The minimum absolute atomic E-state index is 0.203. The van der Waals surface area contributed by atoms with E-state index < -0.39 is 6.10 Å². The van der Waals surface area contributed by atoms with Gasteiger partial charge in [-0.2, -0.15) is 0 Å². The third-order valence-corrected chi connectivity index (χ3v) is 4.25. The lowest BCUT2D eigenvalue weighted by Gasteiger charge is -2.19. The monoisotopic (exact) mass is 375 g/mol. The van der Waals surface area contributed by atoms with Gasteiger partial charge < -0.3 is 14.8 Å². The Balaban J connectivity index is 1.74. The van der Waals surface area contributed by atoms with Crippen LogP contribution in [0.5, 0.6) is 17.2 Å². The molecular weight excluding hydrogens is 350 g/mol. The second kappa shape index (κ2) is 9.09. The number of anilines is 1. The van der Waals surface area contributed by atoms with E-state index in [1.807, 2.05) is 87.5 Å². The van der Waals surface area contributed by atoms with E-state index >= 15 is 0 Å². The van der Waals surface area contributed by atoms with E-state index in [0.717, 1.165) is 11.1 Å². The van der Waals surface area contributed by atoms with Crippen LogP contribution in [-0.2, 0) is 4.79 Å². The molecule has 1 N–H and O–H groups in total. The lowest BCUT2D eigenvalue weighted by Crippen LogP contribution is -2.32. The lowest BCUT2D eigenvalue weighted by molar-refractivity contribution is -0.122. The van der Waals surface area contributed by atoms with Crippen molar-refractivity contribution >= 4 is 11.6 Å². The van der Waals surface area contributed by atoms with Crippen LogP contribution in [0, 0.1) is 13.8 Å². The zero-order valence-corrected chi connectivity index (χ0v) is 16.4. The van der Waals surface area contributed by atoms with Crippen molar-refractivity contribution in [3.8, 4) is 17.2 Å². The predicted octanol–water partition coefficient (Wildman–Crippen LogP) is 5.89. The molecule has 3 aromatic carbocycles. The maximum absolute atomic E-state index is 12.8. The van der Waals surface area contributed by atoms with Crippen molar-refractivity contribution < 1.29 is 14.3 Å². The summed E-state index contributed by atoms with van der Waals surface area (Å²) < 4.78 is 11.9. The standard InChI is InChI=1S/C24H25NO3/c1-4-22(28-20-15-17(2)14-18(3)16-20)24(26)25-21-12-8-9-13-23(21)27-19-10-6-5-7-11-19/h5-16,22H,4H2,1-3H3,(H,25,26). The van der Waals surface area contributed by atoms with Gasteiger partial charge in [0.05, 0.1) is 5.69 Å². The highest BCUT2D eigenvalue weighted by Gasteiger charge is 2.20. The molecule has 0 aliphatic carbocycles. The highest BCUT2D eigenvalue weighted by atomic mass is 16.5. The Kier molecular flexibility index (Phi) is 6.33. The van der Waals surface area contributed by atoms with E-state index in [9.17, 15) is 4.79 Å². The van der Waals surface area contributed by atoms with Crippen molar-refractivity contribution in [3.63, 3.8) is 0 Å². The van der Waals surface area contributed by atoms with Gasteiger partial charge in [-0.25, -0.2) is 0 Å². The van der Waals surface area contributed by atoms with E-state index in [4.69, 9.17) is 9.47 Å². The number of para-hydroxylation sites is 3. The van der Waals surface area contributed by atoms with Crippen LogP contribution in [0.3, 0.4) is 0 Å². The second-order valence-corrected chi connectivity index (χ2v) is 6.74. The minimum atomic E-state index is -0.592. The summed E-state index contributed by atoms with van der Waals surface area (Å²) in [6, 6.07) is 22.8. The fraction of sp³-hybridized carbons (Fsp3) is 0.208. The highest BCUT2D eigenvalue weighted by Crippen LogP contribution is 2.29. The molecule has 4 nitrogen and oxygen atoms in total. The average Bonchev–Trinajstić information content (AvgIpc) is 2.67. The smallest absolute Gasteiger partial charge is 0.265 e. The van der Waals surface area contributed by atoms with Gasteiger partial charge in [0.1, 0.15) is 11.5 Å². The molecule has 1 atom stereocenters. The van der Waals surface area contributed by atoms with E-state index in [1.165, 1.54) is 0 Å². The van der Waals surface area contributed by atoms with Gasteiger partial charge in [0.15, 0.2) is 11.9 Å². The number of benzene rings is 3. The van der Waals surface area contributed by atoms with Gasteiger partial charge >= 0.3 is 0 Å². The Morgan fingerprint density at radius 2 is 1.54 bits per heavy atom. The van der Waals surface area contributed by atoms with Gasteiger partial charge in [-0.1, -0.05) is 43.3 Å². The molecule has 0 spiro atoms. The Hall–Kier alpha value is -3.27. The van der Waals surface area contributed by atoms with Crippen LogP contribution >= 0.6 is 0 Å². The molecule has 0 saturated heterocycles.